The van der Waals surface area contributed by atoms with Crippen molar-refractivity contribution in [2.24, 2.45) is 0 Å². The molecule has 1 rings (SSSR count). The molecule has 0 aliphatic carbocycles. The molecule has 0 radical (unpaired) electrons. The Balaban J connectivity index is 2.33. The average molecular weight is 147 g/mol. The van der Waals surface area contributed by atoms with E-state index < -0.39 is 12.3 Å². The molecule has 1 saturated heterocycles. The van der Waals surface area contributed by atoms with Crippen LogP contribution in [-0.4, -0.2) is 42.3 Å². The van der Waals surface area contributed by atoms with Crippen molar-refractivity contribution < 1.29 is 14.9 Å². The van der Waals surface area contributed by atoms with Crippen molar-refractivity contribution in [2.75, 3.05) is 13.7 Å². The highest BCUT2D eigenvalue weighted by molar-refractivity contribution is 4.78. The fraction of sp³-hybridized carbons (Fsp3) is 1.00. The highest BCUT2D eigenvalue weighted by atomic mass is 16.5. The molecule has 1 aliphatic heterocycles. The third-order valence-electron chi connectivity index (χ3n) is 1.76. The van der Waals surface area contributed by atoms with Gasteiger partial charge in [0.1, 0.15) is 6.23 Å². The SMILES string of the molecule is COC1CNC(O)C(O)C1. The topological polar surface area (TPSA) is 61.7 Å². The second-order valence-corrected chi connectivity index (χ2v) is 2.51. The second kappa shape index (κ2) is 3.30. The number of rotatable bonds is 1. The first kappa shape index (κ1) is 7.94. The van der Waals surface area contributed by atoms with Crippen molar-refractivity contribution in [3.8, 4) is 0 Å². The number of hydrogen-bond donors (Lipinski definition) is 3. The van der Waals surface area contributed by atoms with Crippen LogP contribution in [0.2, 0.25) is 0 Å². The van der Waals surface area contributed by atoms with Gasteiger partial charge in [0.25, 0.3) is 0 Å². The molecule has 4 heteroatoms. The lowest BCUT2D eigenvalue weighted by Crippen LogP contribution is -2.51. The fourth-order valence-electron chi connectivity index (χ4n) is 1.05. The van der Waals surface area contributed by atoms with Crippen LogP contribution >= 0.6 is 0 Å². The van der Waals surface area contributed by atoms with Crippen molar-refractivity contribution in [3.63, 3.8) is 0 Å². The van der Waals surface area contributed by atoms with Gasteiger partial charge in [-0.1, -0.05) is 0 Å². The number of hydrogen-bond acceptors (Lipinski definition) is 4. The predicted molar refractivity (Wildman–Crippen MR) is 35.4 cm³/mol. The van der Waals surface area contributed by atoms with E-state index in [1.165, 1.54) is 0 Å². The van der Waals surface area contributed by atoms with Crippen LogP contribution < -0.4 is 5.32 Å². The van der Waals surface area contributed by atoms with Gasteiger partial charge in [-0.25, -0.2) is 0 Å². The molecule has 4 nitrogen and oxygen atoms in total. The first-order valence-corrected chi connectivity index (χ1v) is 3.36. The molecule has 3 unspecified atom stereocenters. The summed E-state index contributed by atoms with van der Waals surface area (Å²) in [4.78, 5) is 0. The lowest BCUT2D eigenvalue weighted by Gasteiger charge is -2.29. The lowest BCUT2D eigenvalue weighted by molar-refractivity contribution is -0.0692. The summed E-state index contributed by atoms with van der Waals surface area (Å²) in [5.41, 5.74) is 0. The Hall–Kier alpha value is -0.160. The zero-order valence-corrected chi connectivity index (χ0v) is 5.95. The van der Waals surface area contributed by atoms with Gasteiger partial charge in [0, 0.05) is 20.1 Å². The van der Waals surface area contributed by atoms with E-state index in [2.05, 4.69) is 5.32 Å². The molecule has 3 N–H and O–H groups in total. The summed E-state index contributed by atoms with van der Waals surface area (Å²) in [7, 11) is 1.59. The van der Waals surface area contributed by atoms with Gasteiger partial charge in [0.2, 0.25) is 0 Å². The van der Waals surface area contributed by atoms with Crippen LogP contribution in [0, 0.1) is 0 Å². The minimum atomic E-state index is -0.786. The molecule has 1 heterocycles. The van der Waals surface area contributed by atoms with Crippen LogP contribution in [0.1, 0.15) is 6.42 Å². The Kier molecular flexibility index (Phi) is 2.62. The molecule has 0 saturated carbocycles. The van der Waals surface area contributed by atoms with Crippen LogP contribution in [0.5, 0.6) is 0 Å². The predicted octanol–water partition coefficient (Wildman–Crippen LogP) is -1.33. The van der Waals surface area contributed by atoms with Gasteiger partial charge in [-0.2, -0.15) is 0 Å². The molecule has 0 aromatic carbocycles. The summed E-state index contributed by atoms with van der Waals surface area (Å²) >= 11 is 0. The Bertz CT molecular complexity index is 109. The number of piperidine rings is 1. The van der Waals surface area contributed by atoms with Crippen molar-refractivity contribution in [3.05, 3.63) is 0 Å². The number of methoxy groups -OCH3 is 1. The Morgan fingerprint density at radius 3 is 2.70 bits per heavy atom. The van der Waals surface area contributed by atoms with Gasteiger partial charge in [0.15, 0.2) is 0 Å². The average Bonchev–Trinajstić information content (AvgIpc) is 1.95. The zero-order chi connectivity index (χ0) is 7.56. The summed E-state index contributed by atoms with van der Waals surface area (Å²) in [6, 6.07) is 0. The monoisotopic (exact) mass is 147 g/mol. The van der Waals surface area contributed by atoms with Gasteiger partial charge in [0.05, 0.1) is 12.2 Å². The fourth-order valence-corrected chi connectivity index (χ4v) is 1.05. The van der Waals surface area contributed by atoms with E-state index in [4.69, 9.17) is 14.9 Å². The van der Waals surface area contributed by atoms with E-state index in [1.807, 2.05) is 0 Å². The summed E-state index contributed by atoms with van der Waals surface area (Å²) in [5.74, 6) is 0. The molecule has 60 valence electrons. The highest BCUT2D eigenvalue weighted by Crippen LogP contribution is 2.09. The first-order valence-electron chi connectivity index (χ1n) is 3.36. The first-order chi connectivity index (χ1) is 4.74. The van der Waals surface area contributed by atoms with Crippen LogP contribution in [-0.2, 0) is 4.74 Å². The summed E-state index contributed by atoms with van der Waals surface area (Å²) in [5, 5.41) is 20.8. The largest absolute Gasteiger partial charge is 0.389 e. The lowest BCUT2D eigenvalue weighted by atomic mass is 10.1. The normalized spacial score (nSPS) is 41.7. The van der Waals surface area contributed by atoms with Crippen molar-refractivity contribution >= 4 is 0 Å². The third-order valence-corrected chi connectivity index (χ3v) is 1.76. The molecule has 1 aliphatic rings. The molecule has 0 bridgehead atoms. The molecule has 0 amide bonds. The number of aliphatic hydroxyl groups excluding tert-OH is 2. The maximum Gasteiger partial charge on any atom is 0.131 e. The zero-order valence-electron chi connectivity index (χ0n) is 5.95. The van der Waals surface area contributed by atoms with Crippen molar-refractivity contribution in [1.82, 2.24) is 5.32 Å². The number of nitrogens with one attached hydrogen (secondary N) is 1. The molecular weight excluding hydrogens is 134 g/mol. The van der Waals surface area contributed by atoms with Gasteiger partial charge in [-0.05, 0) is 0 Å². The van der Waals surface area contributed by atoms with Gasteiger partial charge in [-0.15, -0.1) is 0 Å². The number of aliphatic hydroxyl groups is 2. The second-order valence-electron chi connectivity index (χ2n) is 2.51. The van der Waals surface area contributed by atoms with E-state index in [0.29, 0.717) is 13.0 Å². The third kappa shape index (κ3) is 1.67. The van der Waals surface area contributed by atoms with E-state index in [-0.39, 0.29) is 6.10 Å². The van der Waals surface area contributed by atoms with Crippen molar-refractivity contribution in [2.45, 2.75) is 24.9 Å². The van der Waals surface area contributed by atoms with Gasteiger partial charge in [-0.3, -0.25) is 5.32 Å². The molecule has 1 fully saturated rings. The molecule has 0 spiro atoms. The standard InChI is InChI=1S/C6H13NO3/c1-10-4-2-5(8)6(9)7-3-4/h4-9H,2-3H2,1H3. The van der Waals surface area contributed by atoms with Gasteiger partial charge < -0.3 is 14.9 Å². The van der Waals surface area contributed by atoms with E-state index in [0.717, 1.165) is 0 Å². The molecule has 0 aromatic heterocycles. The quantitative estimate of drug-likeness (QED) is 0.430. The maximum atomic E-state index is 9.09. The maximum absolute atomic E-state index is 9.09. The van der Waals surface area contributed by atoms with Crippen LogP contribution in [0.3, 0.4) is 0 Å². The number of ether oxygens (including phenoxy) is 1. The molecular formula is C6H13NO3. The summed E-state index contributed by atoms with van der Waals surface area (Å²) in [6.07, 6.45) is -0.950. The van der Waals surface area contributed by atoms with Gasteiger partial charge >= 0.3 is 0 Å². The summed E-state index contributed by atoms with van der Waals surface area (Å²) in [6.45, 7) is 0.606. The van der Waals surface area contributed by atoms with Crippen LogP contribution in [0.25, 0.3) is 0 Å². The summed E-state index contributed by atoms with van der Waals surface area (Å²) < 4.78 is 4.98. The Labute approximate surface area is 59.8 Å². The molecule has 10 heavy (non-hydrogen) atoms. The van der Waals surface area contributed by atoms with E-state index >= 15 is 0 Å². The van der Waals surface area contributed by atoms with E-state index in [9.17, 15) is 0 Å². The van der Waals surface area contributed by atoms with Crippen LogP contribution in [0.4, 0.5) is 0 Å². The van der Waals surface area contributed by atoms with Crippen LogP contribution in [0.15, 0.2) is 0 Å². The Morgan fingerprint density at radius 1 is 1.50 bits per heavy atom. The minimum Gasteiger partial charge on any atom is -0.389 e. The Morgan fingerprint density at radius 2 is 2.20 bits per heavy atom. The smallest absolute Gasteiger partial charge is 0.131 e. The van der Waals surface area contributed by atoms with Crippen molar-refractivity contribution in [1.29, 1.82) is 0 Å². The minimum absolute atomic E-state index is 0.0263. The van der Waals surface area contributed by atoms with E-state index in [1.54, 1.807) is 7.11 Å². The molecule has 0 aromatic rings. The highest BCUT2D eigenvalue weighted by Gasteiger charge is 2.26. The molecule has 3 atom stereocenters.